The van der Waals surface area contributed by atoms with Crippen LogP contribution in [0.3, 0.4) is 0 Å². The predicted molar refractivity (Wildman–Crippen MR) is 143 cm³/mol. The van der Waals surface area contributed by atoms with E-state index in [2.05, 4.69) is 10.3 Å². The number of thioether (sulfide) groups is 1. The molecule has 0 bridgehead atoms. The quantitative estimate of drug-likeness (QED) is 0.311. The molecule has 0 unspecified atom stereocenters. The van der Waals surface area contributed by atoms with Crippen molar-refractivity contribution in [2.24, 2.45) is 4.99 Å². The molecule has 4 aromatic carbocycles. The maximum Gasteiger partial charge on any atom is 0.307 e. The van der Waals surface area contributed by atoms with Crippen LogP contribution in [0.2, 0.25) is 0 Å². The molecular formula is C29H22N2O4S. The molecule has 7 heteroatoms. The molecule has 0 aromatic heterocycles. The minimum atomic E-state index is -0.908. The van der Waals surface area contributed by atoms with Gasteiger partial charge in [0.1, 0.15) is 12.4 Å². The van der Waals surface area contributed by atoms with Gasteiger partial charge in [0.15, 0.2) is 5.17 Å². The van der Waals surface area contributed by atoms with Crippen molar-refractivity contribution in [3.05, 3.63) is 113 Å². The summed E-state index contributed by atoms with van der Waals surface area (Å²) < 4.78 is 6.18. The van der Waals surface area contributed by atoms with Crippen LogP contribution in [-0.4, -0.2) is 22.2 Å². The number of aliphatic imine (C=N–C) groups is 1. The number of fused-ring (bicyclic) bond motifs is 1. The first-order chi connectivity index (χ1) is 17.5. The number of carbonyl (C=O) groups excluding carboxylic acids is 1. The third-order valence-corrected chi connectivity index (χ3v) is 6.46. The number of carbonyl (C=O) groups is 2. The summed E-state index contributed by atoms with van der Waals surface area (Å²) in [6.07, 6.45) is 1.73. The Morgan fingerprint density at radius 3 is 2.42 bits per heavy atom. The Morgan fingerprint density at radius 2 is 1.64 bits per heavy atom. The normalized spacial score (nSPS) is 15.4. The molecule has 1 aliphatic rings. The zero-order chi connectivity index (χ0) is 24.9. The van der Waals surface area contributed by atoms with Crippen molar-refractivity contribution in [1.29, 1.82) is 0 Å². The first kappa shape index (κ1) is 23.4. The third-order valence-electron chi connectivity index (χ3n) is 5.55. The summed E-state index contributed by atoms with van der Waals surface area (Å²) in [5.41, 5.74) is 3.07. The van der Waals surface area contributed by atoms with Crippen molar-refractivity contribution in [2.45, 2.75) is 13.0 Å². The second-order valence-electron chi connectivity index (χ2n) is 8.23. The number of amidine groups is 1. The van der Waals surface area contributed by atoms with Crippen molar-refractivity contribution < 1.29 is 19.4 Å². The third kappa shape index (κ3) is 5.64. The molecule has 1 fully saturated rings. The van der Waals surface area contributed by atoms with Gasteiger partial charge in [0, 0.05) is 5.56 Å². The van der Waals surface area contributed by atoms with Crippen LogP contribution in [0.4, 0.5) is 5.69 Å². The maximum absolute atomic E-state index is 12.7. The van der Waals surface area contributed by atoms with Gasteiger partial charge in [-0.05, 0) is 64.0 Å². The Hall–Kier alpha value is -4.36. The van der Waals surface area contributed by atoms with E-state index in [1.54, 1.807) is 24.3 Å². The fourth-order valence-electron chi connectivity index (χ4n) is 3.86. The van der Waals surface area contributed by atoms with E-state index in [0.717, 1.165) is 21.9 Å². The molecule has 0 spiro atoms. The van der Waals surface area contributed by atoms with Crippen molar-refractivity contribution >= 4 is 51.3 Å². The van der Waals surface area contributed by atoms with Gasteiger partial charge in [0.05, 0.1) is 17.0 Å². The van der Waals surface area contributed by atoms with E-state index in [4.69, 9.17) is 9.84 Å². The fraction of sp³-hybridized carbons (Fsp3) is 0.0690. The maximum atomic E-state index is 12.7. The molecule has 2 N–H and O–H groups in total. The van der Waals surface area contributed by atoms with Crippen LogP contribution in [0.5, 0.6) is 5.75 Å². The lowest BCUT2D eigenvalue weighted by atomic mass is 10.1. The number of carboxylic acids is 1. The summed E-state index contributed by atoms with van der Waals surface area (Å²) in [5.74, 6) is -0.470. The summed E-state index contributed by atoms with van der Waals surface area (Å²) in [5, 5.41) is 14.4. The second-order valence-corrected chi connectivity index (χ2v) is 9.26. The number of amides is 1. The number of hydrogen-bond acceptors (Lipinski definition) is 5. The Balaban J connectivity index is 1.43. The van der Waals surface area contributed by atoms with Gasteiger partial charge in [0.25, 0.3) is 5.91 Å². The van der Waals surface area contributed by atoms with Gasteiger partial charge in [-0.2, -0.15) is 0 Å². The standard InChI is InChI=1S/C29H22N2O4S/c32-27(33)14-20-9-6-12-24(13-20)30-29-31-28(34)26(36-29)17-23-15-21-10-4-5-11-22(21)16-25(23)35-18-19-7-2-1-3-8-19/h1-13,15-17H,14,18H2,(H,32,33)(H,30,31,34). The van der Waals surface area contributed by atoms with E-state index in [9.17, 15) is 9.59 Å². The largest absolute Gasteiger partial charge is 0.488 e. The number of benzene rings is 4. The van der Waals surface area contributed by atoms with E-state index in [1.165, 1.54) is 11.8 Å². The monoisotopic (exact) mass is 494 g/mol. The first-order valence-corrected chi connectivity index (χ1v) is 12.1. The Kier molecular flexibility index (Phi) is 6.82. The molecule has 36 heavy (non-hydrogen) atoms. The van der Waals surface area contributed by atoms with Gasteiger partial charge >= 0.3 is 5.97 Å². The Labute approximate surface area is 212 Å². The van der Waals surface area contributed by atoms with Crippen molar-refractivity contribution in [1.82, 2.24) is 5.32 Å². The molecule has 4 aromatic rings. The van der Waals surface area contributed by atoms with Crippen LogP contribution >= 0.6 is 11.8 Å². The van der Waals surface area contributed by atoms with E-state index >= 15 is 0 Å². The van der Waals surface area contributed by atoms with Crippen molar-refractivity contribution in [3.8, 4) is 5.75 Å². The van der Waals surface area contributed by atoms with Crippen LogP contribution in [0.1, 0.15) is 16.7 Å². The summed E-state index contributed by atoms with van der Waals surface area (Å²) in [7, 11) is 0. The van der Waals surface area contributed by atoms with Crippen LogP contribution in [-0.2, 0) is 22.6 Å². The average molecular weight is 495 g/mol. The summed E-state index contributed by atoms with van der Waals surface area (Å²) in [6.45, 7) is 0.411. The molecule has 0 radical (unpaired) electrons. The molecular weight excluding hydrogens is 472 g/mol. The smallest absolute Gasteiger partial charge is 0.307 e. The molecule has 6 nitrogen and oxygen atoms in total. The summed E-state index contributed by atoms with van der Waals surface area (Å²) in [4.78, 5) is 28.7. The van der Waals surface area contributed by atoms with Gasteiger partial charge < -0.3 is 15.2 Å². The highest BCUT2D eigenvalue weighted by Gasteiger charge is 2.24. The van der Waals surface area contributed by atoms with Crippen molar-refractivity contribution in [2.75, 3.05) is 0 Å². The van der Waals surface area contributed by atoms with Gasteiger partial charge in [-0.15, -0.1) is 0 Å². The Morgan fingerprint density at radius 1 is 0.917 bits per heavy atom. The van der Waals surface area contributed by atoms with Crippen LogP contribution in [0, 0.1) is 0 Å². The number of ether oxygens (including phenoxy) is 1. The summed E-state index contributed by atoms with van der Waals surface area (Å²) >= 11 is 1.24. The highest BCUT2D eigenvalue weighted by atomic mass is 32.2. The predicted octanol–water partition coefficient (Wildman–Crippen LogP) is 5.94. The molecule has 1 aliphatic heterocycles. The molecule has 1 saturated heterocycles. The van der Waals surface area contributed by atoms with E-state index < -0.39 is 5.97 Å². The van der Waals surface area contributed by atoms with Crippen molar-refractivity contribution in [3.63, 3.8) is 0 Å². The minimum Gasteiger partial charge on any atom is -0.488 e. The van der Waals surface area contributed by atoms with Gasteiger partial charge in [-0.3, -0.25) is 9.59 Å². The Bertz CT molecular complexity index is 1510. The van der Waals surface area contributed by atoms with E-state index in [1.807, 2.05) is 72.8 Å². The minimum absolute atomic E-state index is 0.0862. The number of hydrogen-bond donors (Lipinski definition) is 2. The van der Waals surface area contributed by atoms with Crippen LogP contribution in [0.25, 0.3) is 16.8 Å². The lowest BCUT2D eigenvalue weighted by Crippen LogP contribution is -2.19. The number of aliphatic carboxylic acids is 1. The fourth-order valence-corrected chi connectivity index (χ4v) is 4.69. The lowest BCUT2D eigenvalue weighted by Gasteiger charge is -2.12. The topological polar surface area (TPSA) is 88.0 Å². The zero-order valence-electron chi connectivity index (χ0n) is 19.2. The number of nitrogens with one attached hydrogen (secondary N) is 1. The molecule has 0 atom stereocenters. The first-order valence-electron chi connectivity index (χ1n) is 11.3. The zero-order valence-corrected chi connectivity index (χ0v) is 20.0. The molecule has 0 saturated carbocycles. The lowest BCUT2D eigenvalue weighted by molar-refractivity contribution is -0.136. The highest BCUT2D eigenvalue weighted by molar-refractivity contribution is 8.18. The van der Waals surface area contributed by atoms with Crippen LogP contribution < -0.4 is 10.1 Å². The molecule has 5 rings (SSSR count). The second kappa shape index (κ2) is 10.5. The van der Waals surface area contributed by atoms with Gasteiger partial charge in [-0.25, -0.2) is 4.99 Å². The van der Waals surface area contributed by atoms with E-state index in [-0.39, 0.29) is 12.3 Å². The van der Waals surface area contributed by atoms with E-state index in [0.29, 0.717) is 33.7 Å². The molecule has 178 valence electrons. The number of rotatable bonds is 7. The molecule has 1 heterocycles. The highest BCUT2D eigenvalue weighted by Crippen LogP contribution is 2.33. The molecule has 0 aliphatic carbocycles. The average Bonchev–Trinajstić information content (AvgIpc) is 3.21. The number of nitrogens with zero attached hydrogens (tertiary/aromatic N) is 1. The number of carboxylic acid groups (broad SMARTS) is 1. The SMILES string of the molecule is O=C(O)Cc1cccc(N=C2NC(=O)C(=Cc3cc4ccccc4cc3OCc3ccccc3)S2)c1. The molecule has 1 amide bonds. The van der Waals surface area contributed by atoms with Gasteiger partial charge in [-0.1, -0.05) is 66.7 Å². The van der Waals surface area contributed by atoms with Gasteiger partial charge in [0.2, 0.25) is 0 Å². The van der Waals surface area contributed by atoms with Crippen LogP contribution in [0.15, 0.2) is 101 Å². The summed E-state index contributed by atoms with van der Waals surface area (Å²) in [6, 6.07) is 28.9.